The maximum absolute atomic E-state index is 4.85. The van der Waals surface area contributed by atoms with Crippen LogP contribution >= 0.6 is 0 Å². The minimum atomic E-state index is 0.00463. The maximum Gasteiger partial charge on any atom is -0.00537 e. The van der Waals surface area contributed by atoms with Crippen molar-refractivity contribution >= 4 is 16.6 Å². The van der Waals surface area contributed by atoms with E-state index in [2.05, 4.69) is 16.6 Å². The first kappa shape index (κ1) is 6.49. The van der Waals surface area contributed by atoms with Crippen molar-refractivity contribution in [1.29, 1.82) is 0 Å². The Kier molecular flexibility index (Phi) is 2.14. The molecule has 0 spiro atoms. The van der Waals surface area contributed by atoms with Crippen molar-refractivity contribution in [2.75, 3.05) is 0 Å². The van der Waals surface area contributed by atoms with Crippen LogP contribution in [0.3, 0.4) is 0 Å². The summed E-state index contributed by atoms with van der Waals surface area (Å²) in [4.78, 5) is 0. The van der Waals surface area contributed by atoms with E-state index in [9.17, 15) is 0 Å². The van der Waals surface area contributed by atoms with E-state index in [1.54, 1.807) is 0 Å². The van der Waals surface area contributed by atoms with Gasteiger partial charge in [0.1, 0.15) is 0 Å². The molecule has 0 aromatic heterocycles. The van der Waals surface area contributed by atoms with Gasteiger partial charge in [-0.25, -0.2) is 0 Å². The molecule has 0 atom stereocenters. The smallest absolute Gasteiger partial charge is 0.00537 e. The highest BCUT2D eigenvalue weighted by Gasteiger charge is 1.95. The van der Waals surface area contributed by atoms with Gasteiger partial charge in [-0.3, -0.25) is 0 Å². The summed E-state index contributed by atoms with van der Waals surface area (Å²) in [5.74, 6) is 0. The van der Waals surface area contributed by atoms with Gasteiger partial charge >= 0.3 is 0 Å². The Bertz CT molecular complexity index is 37.3. The highest BCUT2D eigenvalue weighted by Crippen LogP contribution is 2.01. The zero-order valence-corrected chi connectivity index (χ0v) is 5.64. The van der Waals surface area contributed by atoms with Gasteiger partial charge in [0.2, 0.25) is 0 Å². The highest BCUT2D eigenvalue weighted by molar-refractivity contribution is 5.98. The third kappa shape index (κ3) is 4.49. The van der Waals surface area contributed by atoms with Gasteiger partial charge in [-0.1, -0.05) is 0 Å². The predicted octanol–water partition coefficient (Wildman–Crippen LogP) is 0.885. The Balaban J connectivity index is 3.17. The van der Waals surface area contributed by atoms with Crippen LogP contribution in [0, 0.1) is 0 Å². The van der Waals surface area contributed by atoms with E-state index in [4.69, 9.17) is 3.79 Å². The van der Waals surface area contributed by atoms with Crippen LogP contribution in [0.15, 0.2) is 0 Å². The Morgan fingerprint density at radius 3 is 1.50 bits per heavy atom. The largest absolute Gasteiger partial charge is 0.756 e. The second-order valence-corrected chi connectivity index (χ2v) is 2.47. The van der Waals surface area contributed by atoms with Crippen molar-refractivity contribution in [2.45, 2.75) is 26.4 Å². The van der Waals surface area contributed by atoms with E-state index in [1.807, 2.05) is 20.8 Å². The lowest BCUT2D eigenvalue weighted by Gasteiger charge is -2.30. The fourth-order valence-corrected chi connectivity index (χ4v) is 0. The molecular weight excluding hydrogens is 91.0 g/mol. The third-order valence-electron chi connectivity index (χ3n) is 0.354. The van der Waals surface area contributed by atoms with Crippen LogP contribution in [0.5, 0.6) is 0 Å². The summed E-state index contributed by atoms with van der Waals surface area (Å²) in [5, 5.41) is 0. The Morgan fingerprint density at radius 1 is 1.33 bits per heavy atom. The summed E-state index contributed by atoms with van der Waals surface area (Å²) in [6, 6.07) is 0. The number of hydrogen-bond acceptors (Lipinski definition) is 1. The molecule has 0 bridgehead atoms. The van der Waals surface area contributed by atoms with Crippen LogP contribution in [0.2, 0.25) is 0 Å². The van der Waals surface area contributed by atoms with Crippen molar-refractivity contribution in [3.8, 4) is 0 Å². The van der Waals surface area contributed by atoms with Crippen LogP contribution in [-0.2, 0) is 3.79 Å². The minimum absolute atomic E-state index is 0.00463. The molecule has 1 nitrogen and oxygen atoms in total. The first-order valence-corrected chi connectivity index (χ1v) is 2.41. The molecule has 2 heteroatoms. The number of hydrogen-bond donors (Lipinski definition) is 0. The quantitative estimate of drug-likeness (QED) is 0.411. The second-order valence-electron chi connectivity index (χ2n) is 2.23. The number of rotatable bonds is 0. The molecule has 35 valence electrons. The molecule has 0 N–H and O–H groups in total. The molecule has 0 aliphatic rings. The van der Waals surface area contributed by atoms with Gasteiger partial charge < -0.3 is 20.4 Å². The van der Waals surface area contributed by atoms with Gasteiger partial charge in [0.05, 0.1) is 0 Å². The minimum Gasteiger partial charge on any atom is -0.756 e. The van der Waals surface area contributed by atoms with E-state index >= 15 is 0 Å². The van der Waals surface area contributed by atoms with Crippen molar-refractivity contribution < 1.29 is 3.79 Å². The Morgan fingerprint density at radius 2 is 1.50 bits per heavy atom. The first-order chi connectivity index (χ1) is 2.56. The monoisotopic (exact) mass is 100 g/mol. The Labute approximate surface area is 47.4 Å². The SMILES string of the molecule is CC(C)(C)[O][Al-]. The fourth-order valence-electron chi connectivity index (χ4n) is 0. The van der Waals surface area contributed by atoms with Crippen LogP contribution in [0.4, 0.5) is 0 Å². The zero-order valence-electron chi connectivity index (χ0n) is 4.49. The Hall–Kier alpha value is 0.492. The van der Waals surface area contributed by atoms with Gasteiger partial charge in [-0.05, 0) is 26.4 Å². The fraction of sp³-hybridized carbons (Fsp3) is 1.00. The van der Waals surface area contributed by atoms with Gasteiger partial charge in [0.15, 0.2) is 0 Å². The zero-order chi connectivity index (χ0) is 5.21. The average Bonchev–Trinajstić information content (AvgIpc) is 1.35. The van der Waals surface area contributed by atoms with E-state index in [-0.39, 0.29) is 5.60 Å². The standard InChI is InChI=1S/C4H9O.Al/c1-4(2,3)5;/h1-3H3;/q-1;. The molecule has 0 aliphatic carbocycles. The van der Waals surface area contributed by atoms with Gasteiger partial charge in [-0.15, -0.1) is 0 Å². The molecule has 0 saturated carbocycles. The van der Waals surface area contributed by atoms with Gasteiger partial charge in [0.25, 0.3) is 0 Å². The van der Waals surface area contributed by atoms with Crippen molar-refractivity contribution in [3.63, 3.8) is 0 Å². The molecule has 0 aromatic carbocycles. The highest BCUT2D eigenvalue weighted by atomic mass is 27.1. The maximum atomic E-state index is 4.85. The van der Waals surface area contributed by atoms with Crippen molar-refractivity contribution in [3.05, 3.63) is 0 Å². The van der Waals surface area contributed by atoms with E-state index in [1.165, 1.54) is 0 Å². The molecule has 6 heavy (non-hydrogen) atoms. The second kappa shape index (κ2) is 1.97. The predicted molar refractivity (Wildman–Crippen MR) is 26.6 cm³/mol. The summed E-state index contributed by atoms with van der Waals surface area (Å²) in [5.41, 5.74) is 0.00463. The summed E-state index contributed by atoms with van der Waals surface area (Å²) in [6.45, 7) is 6.00. The topological polar surface area (TPSA) is 9.23 Å². The lowest BCUT2D eigenvalue weighted by molar-refractivity contribution is 0.147. The van der Waals surface area contributed by atoms with Crippen molar-refractivity contribution in [1.82, 2.24) is 0 Å². The molecule has 0 unspecified atom stereocenters. The molecule has 0 heterocycles. The molecule has 3 radical (unpaired) electrons. The van der Waals surface area contributed by atoms with Crippen LogP contribution in [0.1, 0.15) is 20.8 Å². The van der Waals surface area contributed by atoms with E-state index < -0.39 is 0 Å². The summed E-state index contributed by atoms with van der Waals surface area (Å²) in [7, 11) is 0. The first-order valence-electron chi connectivity index (χ1n) is 1.94. The third-order valence-corrected chi connectivity index (χ3v) is 1.06. The lowest BCUT2D eigenvalue weighted by Crippen LogP contribution is -2.16. The molecule has 0 aliphatic heterocycles. The van der Waals surface area contributed by atoms with E-state index in [0.29, 0.717) is 0 Å². The van der Waals surface area contributed by atoms with Crippen molar-refractivity contribution in [2.24, 2.45) is 0 Å². The molecule has 0 saturated heterocycles. The molecule has 0 fully saturated rings. The van der Waals surface area contributed by atoms with Gasteiger partial charge in [0, 0.05) is 0 Å². The molecular formula is C4H9AlO-. The summed E-state index contributed by atoms with van der Waals surface area (Å²) >= 11 is 2.22. The van der Waals surface area contributed by atoms with Crippen LogP contribution in [-0.4, -0.2) is 22.2 Å². The van der Waals surface area contributed by atoms with Crippen LogP contribution in [0.25, 0.3) is 0 Å². The molecule has 0 aromatic rings. The summed E-state index contributed by atoms with van der Waals surface area (Å²) in [6.07, 6.45) is 0. The summed E-state index contributed by atoms with van der Waals surface area (Å²) < 4.78 is 4.85. The molecule has 0 amide bonds. The lowest BCUT2D eigenvalue weighted by atomic mass is 10.2. The average molecular weight is 100 g/mol. The molecule has 0 rings (SSSR count). The normalized spacial score (nSPS) is 12.0. The van der Waals surface area contributed by atoms with Crippen LogP contribution < -0.4 is 0 Å². The van der Waals surface area contributed by atoms with E-state index in [0.717, 1.165) is 0 Å². The van der Waals surface area contributed by atoms with Gasteiger partial charge in [-0.2, -0.15) is 0 Å².